The molecule has 0 radical (unpaired) electrons. The summed E-state index contributed by atoms with van der Waals surface area (Å²) in [6.45, 7) is 7.16. The van der Waals surface area contributed by atoms with Crippen molar-refractivity contribution in [2.24, 2.45) is 16.6 Å². The standard InChI is InChI=1S/C24H23F2N5OS/c1-4-7-32-22-11-28-21(10-29-22)20(26)9-16-5-6-19(25)18(8-16)24-14-31(15(2)3)12-17(24)13-33-23(27)30-24/h1,5-6,8-11,17H,2,7,12-14H2,3H3,(H2,27,30)/b20-9-/t17-,24-/m0/s1. The predicted molar refractivity (Wildman–Crippen MR) is 127 cm³/mol. The number of fused-ring (bicyclic) bond motifs is 1. The Morgan fingerprint density at radius 1 is 1.45 bits per heavy atom. The predicted octanol–water partition coefficient (Wildman–Crippen LogP) is 3.82. The van der Waals surface area contributed by atoms with Crippen molar-refractivity contribution >= 4 is 28.8 Å². The molecule has 0 spiro atoms. The van der Waals surface area contributed by atoms with E-state index in [1.807, 2.05) is 6.92 Å². The first-order valence-electron chi connectivity index (χ1n) is 10.3. The summed E-state index contributed by atoms with van der Waals surface area (Å²) in [6.07, 6.45) is 8.97. The van der Waals surface area contributed by atoms with Gasteiger partial charge in [-0.3, -0.25) is 0 Å². The second-order valence-electron chi connectivity index (χ2n) is 7.96. The van der Waals surface area contributed by atoms with Crippen molar-refractivity contribution < 1.29 is 13.5 Å². The van der Waals surface area contributed by atoms with Crippen LogP contribution in [0.3, 0.4) is 0 Å². The molecule has 2 N–H and O–H groups in total. The van der Waals surface area contributed by atoms with Gasteiger partial charge >= 0.3 is 0 Å². The quantitative estimate of drug-likeness (QED) is 0.651. The van der Waals surface area contributed by atoms with Crippen LogP contribution in [0.15, 0.2) is 47.9 Å². The number of rotatable bonds is 6. The zero-order valence-corrected chi connectivity index (χ0v) is 18.9. The SMILES string of the molecule is C#CCOc1cnc(/C(F)=C/c2ccc(F)c([C@]34CN(C(=C)C)C[C@H]3CSC(N)=N4)c2)cn1. The van der Waals surface area contributed by atoms with Crippen LogP contribution >= 0.6 is 11.8 Å². The van der Waals surface area contributed by atoms with E-state index in [9.17, 15) is 4.39 Å². The van der Waals surface area contributed by atoms with Gasteiger partial charge in [0.05, 0.1) is 12.4 Å². The molecule has 170 valence electrons. The van der Waals surface area contributed by atoms with Crippen LogP contribution in [0.1, 0.15) is 23.7 Å². The molecule has 9 heteroatoms. The average Bonchev–Trinajstić information content (AvgIpc) is 3.19. The third-order valence-corrected chi connectivity index (χ3v) is 6.71. The van der Waals surface area contributed by atoms with Crippen LogP contribution in [0.2, 0.25) is 0 Å². The van der Waals surface area contributed by atoms with Crippen LogP contribution in [-0.2, 0) is 5.54 Å². The van der Waals surface area contributed by atoms with E-state index in [1.54, 1.807) is 6.07 Å². The van der Waals surface area contributed by atoms with E-state index < -0.39 is 17.2 Å². The molecule has 0 saturated carbocycles. The molecule has 4 rings (SSSR count). The zero-order valence-electron chi connectivity index (χ0n) is 18.1. The van der Waals surface area contributed by atoms with Gasteiger partial charge in [0.15, 0.2) is 17.6 Å². The molecule has 1 fully saturated rings. The van der Waals surface area contributed by atoms with Crippen molar-refractivity contribution in [3.8, 4) is 18.2 Å². The highest BCUT2D eigenvalue weighted by Crippen LogP contribution is 2.47. The van der Waals surface area contributed by atoms with Gasteiger partial charge in [-0.15, -0.1) is 6.42 Å². The number of hydrogen-bond acceptors (Lipinski definition) is 7. The Labute approximate surface area is 195 Å². The van der Waals surface area contributed by atoms with Gasteiger partial charge in [-0.05, 0) is 30.7 Å². The third kappa shape index (κ3) is 4.57. The van der Waals surface area contributed by atoms with E-state index in [4.69, 9.17) is 21.9 Å². The molecular formula is C24H23F2N5OS. The van der Waals surface area contributed by atoms with Gasteiger partial charge in [-0.2, -0.15) is 0 Å². The Kier molecular flexibility index (Phi) is 6.38. The van der Waals surface area contributed by atoms with Gasteiger partial charge in [0.2, 0.25) is 5.88 Å². The van der Waals surface area contributed by atoms with E-state index in [0.717, 1.165) is 11.4 Å². The molecule has 2 atom stereocenters. The maximum absolute atomic E-state index is 15.1. The monoisotopic (exact) mass is 467 g/mol. The average molecular weight is 468 g/mol. The lowest BCUT2D eigenvalue weighted by molar-refractivity contribution is 0.353. The minimum Gasteiger partial charge on any atom is -0.463 e. The molecule has 33 heavy (non-hydrogen) atoms. The van der Waals surface area contributed by atoms with Crippen molar-refractivity contribution in [2.75, 3.05) is 25.4 Å². The van der Waals surface area contributed by atoms with Gasteiger partial charge < -0.3 is 15.4 Å². The Morgan fingerprint density at radius 3 is 2.97 bits per heavy atom. The van der Waals surface area contributed by atoms with Gasteiger partial charge in [0.1, 0.15) is 17.1 Å². The van der Waals surface area contributed by atoms with Gasteiger partial charge in [-0.1, -0.05) is 30.3 Å². The number of terminal acetylenes is 1. The Bertz CT molecular complexity index is 1170. The van der Waals surface area contributed by atoms with E-state index in [0.29, 0.717) is 29.4 Å². The van der Waals surface area contributed by atoms with Gasteiger partial charge in [0.25, 0.3) is 0 Å². The number of nitrogens with two attached hydrogens (primary N) is 1. The number of nitrogens with zero attached hydrogens (tertiary/aromatic N) is 4. The highest BCUT2D eigenvalue weighted by molar-refractivity contribution is 8.13. The molecule has 2 aromatic rings. The minimum atomic E-state index is -0.853. The molecule has 1 saturated heterocycles. The fourth-order valence-corrected chi connectivity index (χ4v) is 5.08. The van der Waals surface area contributed by atoms with Crippen LogP contribution in [0.5, 0.6) is 5.88 Å². The molecule has 0 bridgehead atoms. The van der Waals surface area contributed by atoms with E-state index in [-0.39, 0.29) is 24.1 Å². The van der Waals surface area contributed by atoms with Crippen LogP contribution in [0.25, 0.3) is 11.9 Å². The summed E-state index contributed by atoms with van der Waals surface area (Å²) in [5, 5.41) is 0.420. The minimum absolute atomic E-state index is 0.0237. The van der Waals surface area contributed by atoms with E-state index >= 15 is 4.39 Å². The highest BCUT2D eigenvalue weighted by Gasteiger charge is 2.51. The number of allylic oxidation sites excluding steroid dienone is 1. The second-order valence-corrected chi connectivity index (χ2v) is 9.00. The van der Waals surface area contributed by atoms with Gasteiger partial charge in [-0.25, -0.2) is 23.7 Å². The number of ether oxygens (including phenoxy) is 1. The van der Waals surface area contributed by atoms with E-state index in [2.05, 4.69) is 27.4 Å². The summed E-state index contributed by atoms with van der Waals surface area (Å²) in [7, 11) is 0. The molecule has 3 heterocycles. The zero-order chi connectivity index (χ0) is 23.6. The Hall–Kier alpha value is -3.38. The maximum atomic E-state index is 15.1. The number of thioether (sulfide) groups is 1. The lowest BCUT2D eigenvalue weighted by Crippen LogP contribution is -2.40. The van der Waals surface area contributed by atoms with Crippen molar-refractivity contribution in [1.82, 2.24) is 14.9 Å². The fraction of sp³-hybridized carbons (Fsp3) is 0.292. The lowest BCUT2D eigenvalue weighted by Gasteiger charge is -2.35. The summed E-state index contributed by atoms with van der Waals surface area (Å²) in [6, 6.07) is 4.48. The number of aliphatic imine (C=N–C) groups is 1. The fourth-order valence-electron chi connectivity index (χ4n) is 4.10. The number of benzene rings is 1. The molecule has 2 aliphatic rings. The molecule has 0 aliphatic carbocycles. The summed E-state index contributed by atoms with van der Waals surface area (Å²) in [5.41, 5.74) is 6.99. The lowest BCUT2D eigenvalue weighted by atomic mass is 9.81. The molecule has 2 aliphatic heterocycles. The highest BCUT2D eigenvalue weighted by atomic mass is 32.2. The summed E-state index contributed by atoms with van der Waals surface area (Å²) in [5.74, 6) is 2.27. The Balaban J connectivity index is 1.68. The van der Waals surface area contributed by atoms with Crippen LogP contribution in [0.4, 0.5) is 8.78 Å². The largest absolute Gasteiger partial charge is 0.463 e. The van der Waals surface area contributed by atoms with Crippen molar-refractivity contribution in [2.45, 2.75) is 12.5 Å². The second kappa shape index (κ2) is 9.24. The molecule has 0 unspecified atom stereocenters. The van der Waals surface area contributed by atoms with Crippen LogP contribution < -0.4 is 10.5 Å². The summed E-state index contributed by atoms with van der Waals surface area (Å²) >= 11 is 1.47. The number of halogens is 2. The number of hydrogen-bond donors (Lipinski definition) is 1. The Morgan fingerprint density at radius 2 is 2.27 bits per heavy atom. The molecule has 0 amide bonds. The van der Waals surface area contributed by atoms with Crippen molar-refractivity contribution in [3.05, 3.63) is 65.5 Å². The smallest absolute Gasteiger partial charge is 0.233 e. The summed E-state index contributed by atoms with van der Waals surface area (Å²) < 4.78 is 35.2. The van der Waals surface area contributed by atoms with Gasteiger partial charge in [0, 0.05) is 36.0 Å². The number of amidine groups is 1. The maximum Gasteiger partial charge on any atom is 0.233 e. The van der Waals surface area contributed by atoms with E-state index in [1.165, 1.54) is 42.4 Å². The first kappa shape index (κ1) is 22.8. The van der Waals surface area contributed by atoms with Crippen molar-refractivity contribution in [1.29, 1.82) is 0 Å². The van der Waals surface area contributed by atoms with Crippen LogP contribution in [-0.4, -0.2) is 45.5 Å². The topological polar surface area (TPSA) is 76.6 Å². The third-order valence-electron chi connectivity index (χ3n) is 5.76. The molecular weight excluding hydrogens is 444 g/mol. The van der Waals surface area contributed by atoms with Crippen molar-refractivity contribution in [3.63, 3.8) is 0 Å². The summed E-state index contributed by atoms with van der Waals surface area (Å²) in [4.78, 5) is 14.8. The normalized spacial score (nSPS) is 22.4. The van der Waals surface area contributed by atoms with Crippen LogP contribution in [0, 0.1) is 24.1 Å². The molecule has 6 nitrogen and oxygen atoms in total. The first-order valence-corrected chi connectivity index (χ1v) is 11.3. The number of aromatic nitrogens is 2. The first-order chi connectivity index (χ1) is 15.8. The number of likely N-dealkylation sites (tertiary alicyclic amines) is 1. The molecule has 1 aromatic carbocycles. The molecule has 1 aromatic heterocycles.